The maximum absolute atomic E-state index is 13.4. The van der Waals surface area contributed by atoms with Gasteiger partial charge in [-0.15, -0.1) is 11.3 Å². The first-order valence-corrected chi connectivity index (χ1v) is 8.57. The maximum atomic E-state index is 13.4. The van der Waals surface area contributed by atoms with Crippen LogP contribution in [0.2, 0.25) is 4.34 Å². The fraction of sp³-hybridized carbons (Fsp3) is 0.167. The molecule has 0 spiro atoms. The van der Waals surface area contributed by atoms with Crippen LogP contribution in [0.15, 0.2) is 42.2 Å². The second-order valence-corrected chi connectivity index (χ2v) is 7.87. The highest BCUT2D eigenvalue weighted by Gasteiger charge is 2.38. The van der Waals surface area contributed by atoms with E-state index in [1.165, 1.54) is 23.5 Å². The van der Waals surface area contributed by atoms with Crippen molar-refractivity contribution in [1.29, 1.82) is 0 Å². The highest BCUT2D eigenvalue weighted by atomic mass is 35.5. The molecule has 0 saturated carbocycles. The number of carbonyl (C=O) groups is 1. The molecule has 0 fully saturated rings. The zero-order valence-electron chi connectivity index (χ0n) is 12.9. The number of allylic oxidation sites excluding steroid dienone is 1. The van der Waals surface area contributed by atoms with Crippen molar-refractivity contribution < 1.29 is 13.9 Å². The number of thiophene rings is 1. The van der Waals surface area contributed by atoms with E-state index in [1.807, 2.05) is 32.1 Å². The predicted molar refractivity (Wildman–Crippen MR) is 94.4 cm³/mol. The average Bonchev–Trinajstić information content (AvgIpc) is 3.13. The molecule has 1 N–H and O–H groups in total. The Morgan fingerprint density at radius 1 is 1.25 bits per heavy atom. The van der Waals surface area contributed by atoms with Crippen molar-refractivity contribution in [2.45, 2.75) is 19.4 Å². The molecule has 3 nitrogen and oxygen atoms in total. The topological polar surface area (TPSA) is 38.3 Å². The van der Waals surface area contributed by atoms with Gasteiger partial charge in [-0.05, 0) is 50.3 Å². The van der Waals surface area contributed by atoms with Crippen LogP contribution in [0, 0.1) is 5.82 Å². The second kappa shape index (κ2) is 5.19. The SMILES string of the molecule is CC1(C)OC(=C2C(=O)Nc3cc(F)ccc32)C=C1c1ccc(Cl)s1. The largest absolute Gasteiger partial charge is 0.482 e. The lowest BCUT2D eigenvalue weighted by Gasteiger charge is -2.22. The Balaban J connectivity index is 1.87. The van der Waals surface area contributed by atoms with Crippen molar-refractivity contribution >= 4 is 45.7 Å². The normalized spacial score (nSPS) is 21.3. The van der Waals surface area contributed by atoms with Crippen molar-refractivity contribution in [2.24, 2.45) is 0 Å². The summed E-state index contributed by atoms with van der Waals surface area (Å²) < 4.78 is 20.1. The summed E-state index contributed by atoms with van der Waals surface area (Å²) in [5.74, 6) is -0.192. The molecule has 122 valence electrons. The lowest BCUT2D eigenvalue weighted by Crippen LogP contribution is -2.20. The minimum atomic E-state index is -0.584. The molecule has 1 aromatic carbocycles. The summed E-state index contributed by atoms with van der Waals surface area (Å²) in [5.41, 5.74) is 1.92. The highest BCUT2D eigenvalue weighted by Crippen LogP contribution is 2.46. The summed E-state index contributed by atoms with van der Waals surface area (Å²) in [6.45, 7) is 3.89. The number of anilines is 1. The fourth-order valence-corrected chi connectivity index (χ4v) is 4.21. The molecule has 0 aliphatic carbocycles. The molecule has 24 heavy (non-hydrogen) atoms. The molecule has 0 atom stereocenters. The molecule has 2 aliphatic rings. The van der Waals surface area contributed by atoms with E-state index in [9.17, 15) is 9.18 Å². The van der Waals surface area contributed by atoms with Crippen LogP contribution in [-0.2, 0) is 9.53 Å². The van der Waals surface area contributed by atoms with Crippen LogP contribution in [0.5, 0.6) is 0 Å². The number of hydrogen-bond acceptors (Lipinski definition) is 3. The minimum absolute atomic E-state index is 0.289. The van der Waals surface area contributed by atoms with Crippen LogP contribution in [0.4, 0.5) is 10.1 Å². The van der Waals surface area contributed by atoms with Crippen molar-refractivity contribution in [2.75, 3.05) is 5.32 Å². The van der Waals surface area contributed by atoms with E-state index in [0.29, 0.717) is 26.9 Å². The maximum Gasteiger partial charge on any atom is 0.260 e. The van der Waals surface area contributed by atoms with Crippen LogP contribution in [0.3, 0.4) is 0 Å². The number of nitrogens with one attached hydrogen (secondary N) is 1. The van der Waals surface area contributed by atoms with Crippen LogP contribution >= 0.6 is 22.9 Å². The third-order valence-corrected chi connectivity index (χ3v) is 5.36. The molecule has 2 aliphatic heterocycles. The van der Waals surface area contributed by atoms with E-state index in [2.05, 4.69) is 5.32 Å². The Bertz CT molecular complexity index is 942. The number of fused-ring (bicyclic) bond motifs is 1. The van der Waals surface area contributed by atoms with E-state index in [1.54, 1.807) is 6.07 Å². The van der Waals surface area contributed by atoms with Gasteiger partial charge in [0.1, 0.15) is 17.2 Å². The molecule has 0 radical (unpaired) electrons. The van der Waals surface area contributed by atoms with E-state index in [-0.39, 0.29) is 5.91 Å². The summed E-state index contributed by atoms with van der Waals surface area (Å²) in [6, 6.07) is 8.02. The third-order valence-electron chi connectivity index (χ3n) is 4.10. The molecule has 0 saturated heterocycles. The molecule has 0 unspecified atom stereocenters. The van der Waals surface area contributed by atoms with Gasteiger partial charge in [0.25, 0.3) is 5.91 Å². The van der Waals surface area contributed by atoms with Crippen LogP contribution in [-0.4, -0.2) is 11.5 Å². The van der Waals surface area contributed by atoms with E-state index < -0.39 is 11.4 Å². The van der Waals surface area contributed by atoms with E-state index in [0.717, 1.165) is 10.5 Å². The van der Waals surface area contributed by atoms with Gasteiger partial charge < -0.3 is 10.1 Å². The van der Waals surface area contributed by atoms with Gasteiger partial charge in [0.15, 0.2) is 0 Å². The number of carbonyl (C=O) groups excluding carboxylic acids is 1. The Morgan fingerprint density at radius 3 is 2.75 bits per heavy atom. The van der Waals surface area contributed by atoms with Gasteiger partial charge in [-0.3, -0.25) is 4.79 Å². The first kappa shape index (κ1) is 15.4. The summed E-state index contributed by atoms with van der Waals surface area (Å²) in [6.07, 6.45) is 1.87. The first-order chi connectivity index (χ1) is 11.3. The van der Waals surface area contributed by atoms with Crippen molar-refractivity contribution in [3.05, 3.63) is 62.8 Å². The summed E-state index contributed by atoms with van der Waals surface area (Å²) in [4.78, 5) is 13.4. The number of halogens is 2. The van der Waals surface area contributed by atoms with Gasteiger partial charge in [0.05, 0.1) is 15.6 Å². The zero-order chi connectivity index (χ0) is 17.1. The summed E-state index contributed by atoms with van der Waals surface area (Å²) in [7, 11) is 0. The molecular weight excluding hydrogens is 349 g/mol. The van der Waals surface area contributed by atoms with Gasteiger partial charge in [-0.25, -0.2) is 4.39 Å². The minimum Gasteiger partial charge on any atom is -0.482 e. The molecule has 1 amide bonds. The Labute approximate surface area is 147 Å². The lowest BCUT2D eigenvalue weighted by atomic mass is 9.98. The second-order valence-electron chi connectivity index (χ2n) is 6.16. The molecule has 4 rings (SSSR count). The van der Waals surface area contributed by atoms with E-state index in [4.69, 9.17) is 16.3 Å². The highest BCUT2D eigenvalue weighted by molar-refractivity contribution is 7.17. The average molecular weight is 362 g/mol. The number of ether oxygens (including phenoxy) is 1. The van der Waals surface area contributed by atoms with Crippen LogP contribution in [0.25, 0.3) is 11.1 Å². The quantitative estimate of drug-likeness (QED) is 0.718. The Kier molecular flexibility index (Phi) is 3.34. The first-order valence-electron chi connectivity index (χ1n) is 7.37. The molecule has 6 heteroatoms. The summed E-state index contributed by atoms with van der Waals surface area (Å²) in [5, 5.41) is 2.69. The summed E-state index contributed by atoms with van der Waals surface area (Å²) >= 11 is 7.50. The van der Waals surface area contributed by atoms with Gasteiger partial charge in [0.2, 0.25) is 0 Å². The molecular formula is C18H13ClFNO2S. The van der Waals surface area contributed by atoms with Gasteiger partial charge >= 0.3 is 0 Å². The molecule has 2 aromatic rings. The zero-order valence-corrected chi connectivity index (χ0v) is 14.5. The van der Waals surface area contributed by atoms with Crippen molar-refractivity contribution in [1.82, 2.24) is 0 Å². The van der Waals surface area contributed by atoms with Gasteiger partial charge in [0, 0.05) is 16.0 Å². The molecule has 3 heterocycles. The number of rotatable bonds is 1. The van der Waals surface area contributed by atoms with Crippen LogP contribution < -0.4 is 5.32 Å². The molecule has 1 aromatic heterocycles. The van der Waals surface area contributed by atoms with Gasteiger partial charge in [-0.1, -0.05) is 11.6 Å². The van der Waals surface area contributed by atoms with Crippen LogP contribution in [0.1, 0.15) is 24.3 Å². The van der Waals surface area contributed by atoms with E-state index >= 15 is 0 Å². The Hall–Kier alpha value is -2.11. The number of benzene rings is 1. The Morgan fingerprint density at radius 2 is 2.04 bits per heavy atom. The predicted octanol–water partition coefficient (Wildman–Crippen LogP) is 5.10. The van der Waals surface area contributed by atoms with Crippen molar-refractivity contribution in [3.8, 4) is 0 Å². The smallest absolute Gasteiger partial charge is 0.260 e. The number of hydrogen-bond donors (Lipinski definition) is 1. The third kappa shape index (κ3) is 2.36. The fourth-order valence-electron chi connectivity index (χ4n) is 3.00. The van der Waals surface area contributed by atoms with Gasteiger partial charge in [-0.2, -0.15) is 0 Å². The molecule has 0 bridgehead atoms. The lowest BCUT2D eigenvalue weighted by molar-refractivity contribution is -0.111. The monoisotopic (exact) mass is 361 g/mol. The standard InChI is InChI=1S/C18H13ClFNO2S/c1-18(2)11(14-5-6-15(19)24-14)8-13(23-18)16-10-4-3-9(20)7-12(10)21-17(16)22/h3-8H,1-2H3,(H,21,22). The van der Waals surface area contributed by atoms with Crippen molar-refractivity contribution in [3.63, 3.8) is 0 Å². The number of amides is 1.